The van der Waals surface area contributed by atoms with Crippen LogP contribution in [-0.2, 0) is 16.1 Å². The van der Waals surface area contributed by atoms with Gasteiger partial charge in [0, 0.05) is 38.0 Å². The van der Waals surface area contributed by atoms with Crippen molar-refractivity contribution in [2.75, 3.05) is 42.6 Å². The van der Waals surface area contributed by atoms with Gasteiger partial charge in [0.1, 0.15) is 11.8 Å². The number of ether oxygens (including phenoxy) is 1. The third-order valence-corrected chi connectivity index (χ3v) is 5.10. The van der Waals surface area contributed by atoms with Gasteiger partial charge in [0.05, 0.1) is 31.5 Å². The lowest BCUT2D eigenvalue weighted by atomic mass is 10.2. The van der Waals surface area contributed by atoms with E-state index in [1.54, 1.807) is 6.20 Å². The summed E-state index contributed by atoms with van der Waals surface area (Å²) in [4.78, 5) is 25.8. The van der Waals surface area contributed by atoms with E-state index in [-0.39, 0.29) is 45.0 Å². The number of aromatic nitrogens is 3. The average molecular weight is 457 g/mol. The molecule has 2 amide bonds. The van der Waals surface area contributed by atoms with Crippen molar-refractivity contribution in [2.45, 2.75) is 19.1 Å². The fourth-order valence-corrected chi connectivity index (χ4v) is 3.61. The summed E-state index contributed by atoms with van der Waals surface area (Å²) >= 11 is 0. The first-order valence-electron chi connectivity index (χ1n) is 9.72. The molecule has 1 N–H and O–H groups in total. The maximum Gasteiger partial charge on any atom is 0.414 e. The number of hydrazine groups is 1. The third-order valence-electron chi connectivity index (χ3n) is 5.10. The maximum absolute atomic E-state index is 14.9. The number of alkyl halides is 2. The Labute approximate surface area is 179 Å². The predicted molar refractivity (Wildman–Crippen MR) is 102 cm³/mol. The topological polar surface area (TPSA) is 95.8 Å². The van der Waals surface area contributed by atoms with Crippen molar-refractivity contribution in [2.24, 2.45) is 0 Å². The fraction of sp³-hybridized carbons (Fsp3) is 0.444. The molecule has 1 aromatic carbocycles. The number of rotatable bonds is 5. The second kappa shape index (κ2) is 8.98. The standard InChI is InChI=1S/C18H19F4N7O3/c19-13-7-11(28-10-12(32-18(28)31)9-27-4-1-23-25-27)8-14(20)15(13)29-6-5-26(3-2-24-29)17(30)16(21)22/h1,4,7-8,12,16,24H,2-3,5-6,9-10H2/t12-/m0/s1. The number of halogens is 4. The average Bonchev–Trinajstić information content (AvgIpc) is 3.31. The van der Waals surface area contributed by atoms with Crippen LogP contribution >= 0.6 is 0 Å². The molecule has 0 unspecified atom stereocenters. The molecule has 2 saturated heterocycles. The summed E-state index contributed by atoms with van der Waals surface area (Å²) < 4.78 is 61.8. The molecule has 0 spiro atoms. The first-order chi connectivity index (χ1) is 15.3. The molecule has 1 aromatic heterocycles. The second-order valence-electron chi connectivity index (χ2n) is 7.19. The summed E-state index contributed by atoms with van der Waals surface area (Å²) in [6.07, 6.45) is -1.42. The van der Waals surface area contributed by atoms with Gasteiger partial charge in [-0.3, -0.25) is 9.69 Å². The van der Waals surface area contributed by atoms with Crippen LogP contribution in [0.3, 0.4) is 0 Å². The SMILES string of the molecule is O=C(C(F)F)N1CCNN(c2c(F)cc(N3C[C@H](Cn4ccnn4)OC3=O)cc2F)CC1. The molecule has 14 heteroatoms. The third kappa shape index (κ3) is 4.44. The van der Waals surface area contributed by atoms with E-state index >= 15 is 0 Å². The van der Waals surface area contributed by atoms with Crippen LogP contribution in [0.5, 0.6) is 0 Å². The maximum atomic E-state index is 14.9. The van der Waals surface area contributed by atoms with Gasteiger partial charge in [-0.05, 0) is 0 Å². The molecular formula is C18H19F4N7O3. The predicted octanol–water partition coefficient (Wildman–Crippen LogP) is 1.000. The van der Waals surface area contributed by atoms with Crippen molar-refractivity contribution in [1.29, 1.82) is 0 Å². The zero-order valence-electron chi connectivity index (χ0n) is 16.6. The van der Waals surface area contributed by atoms with E-state index in [0.29, 0.717) is 0 Å². The zero-order chi connectivity index (χ0) is 22.8. The summed E-state index contributed by atoms with van der Waals surface area (Å²) in [5, 5.41) is 8.57. The van der Waals surface area contributed by atoms with E-state index < -0.39 is 41.9 Å². The van der Waals surface area contributed by atoms with Crippen LogP contribution in [0.25, 0.3) is 0 Å². The Morgan fingerprint density at radius 1 is 1.22 bits per heavy atom. The number of amides is 2. The highest BCUT2D eigenvalue weighted by Gasteiger charge is 2.34. The minimum Gasteiger partial charge on any atom is -0.442 e. The molecule has 32 heavy (non-hydrogen) atoms. The van der Waals surface area contributed by atoms with Crippen LogP contribution in [0.15, 0.2) is 24.5 Å². The normalized spacial score (nSPS) is 19.5. The molecular weight excluding hydrogens is 438 g/mol. The van der Waals surface area contributed by atoms with Crippen molar-refractivity contribution in [3.05, 3.63) is 36.2 Å². The van der Waals surface area contributed by atoms with Crippen molar-refractivity contribution in [3.8, 4) is 0 Å². The minimum absolute atomic E-state index is 0.0285. The number of hydrogen-bond acceptors (Lipinski definition) is 7. The van der Waals surface area contributed by atoms with Gasteiger partial charge in [-0.2, -0.15) is 8.78 Å². The number of carbonyl (C=O) groups is 2. The number of cyclic esters (lactones) is 1. The summed E-state index contributed by atoms with van der Waals surface area (Å²) in [7, 11) is 0. The van der Waals surface area contributed by atoms with Crippen LogP contribution in [-0.4, -0.2) is 77.1 Å². The number of benzene rings is 1. The number of nitrogens with zero attached hydrogens (tertiary/aromatic N) is 6. The lowest BCUT2D eigenvalue weighted by Gasteiger charge is -2.25. The summed E-state index contributed by atoms with van der Waals surface area (Å²) in [6.45, 7) is 0.0340. The Hall–Kier alpha value is -3.42. The molecule has 1 atom stereocenters. The lowest BCUT2D eigenvalue weighted by Crippen LogP contribution is -2.40. The molecule has 0 bridgehead atoms. The van der Waals surface area contributed by atoms with Crippen molar-refractivity contribution >= 4 is 23.4 Å². The Kier molecular flexibility index (Phi) is 6.12. The van der Waals surface area contributed by atoms with Crippen LogP contribution in [0.2, 0.25) is 0 Å². The molecule has 2 aliphatic rings. The largest absolute Gasteiger partial charge is 0.442 e. The number of anilines is 2. The monoisotopic (exact) mass is 457 g/mol. The molecule has 172 valence electrons. The quantitative estimate of drug-likeness (QED) is 0.670. The Balaban J connectivity index is 1.47. The van der Waals surface area contributed by atoms with Crippen LogP contribution in [0.4, 0.5) is 33.7 Å². The van der Waals surface area contributed by atoms with Crippen molar-refractivity contribution in [3.63, 3.8) is 0 Å². The van der Waals surface area contributed by atoms with Gasteiger partial charge in [-0.1, -0.05) is 5.21 Å². The molecule has 10 nitrogen and oxygen atoms in total. The molecule has 0 radical (unpaired) electrons. The van der Waals surface area contributed by atoms with E-state index in [2.05, 4.69) is 15.7 Å². The molecule has 4 rings (SSSR count). The lowest BCUT2D eigenvalue weighted by molar-refractivity contribution is -0.142. The van der Waals surface area contributed by atoms with Gasteiger partial charge in [0.25, 0.3) is 5.91 Å². The highest BCUT2D eigenvalue weighted by Crippen LogP contribution is 2.31. The first-order valence-corrected chi connectivity index (χ1v) is 9.72. The molecule has 3 heterocycles. The number of hydrogen-bond donors (Lipinski definition) is 1. The van der Waals surface area contributed by atoms with Crippen LogP contribution in [0.1, 0.15) is 0 Å². The summed E-state index contributed by atoms with van der Waals surface area (Å²) in [5.74, 6) is -3.26. The van der Waals surface area contributed by atoms with Gasteiger partial charge in [0.2, 0.25) is 0 Å². The summed E-state index contributed by atoms with van der Waals surface area (Å²) in [5.41, 5.74) is 2.26. The van der Waals surface area contributed by atoms with Crippen LogP contribution in [0, 0.1) is 11.6 Å². The smallest absolute Gasteiger partial charge is 0.414 e. The van der Waals surface area contributed by atoms with E-state index in [1.165, 1.54) is 10.9 Å². The van der Waals surface area contributed by atoms with Crippen LogP contribution < -0.4 is 15.3 Å². The Morgan fingerprint density at radius 2 is 1.97 bits per heavy atom. The van der Waals surface area contributed by atoms with Gasteiger partial charge >= 0.3 is 12.5 Å². The van der Waals surface area contributed by atoms with Gasteiger partial charge < -0.3 is 14.6 Å². The van der Waals surface area contributed by atoms with Crippen molar-refractivity contribution < 1.29 is 31.9 Å². The minimum atomic E-state index is -3.15. The van der Waals surface area contributed by atoms with E-state index in [4.69, 9.17) is 4.74 Å². The van der Waals surface area contributed by atoms with E-state index in [1.807, 2.05) is 0 Å². The highest BCUT2D eigenvalue weighted by atomic mass is 19.3. The van der Waals surface area contributed by atoms with E-state index in [9.17, 15) is 27.2 Å². The van der Waals surface area contributed by atoms with Gasteiger partial charge in [0.15, 0.2) is 11.6 Å². The molecule has 2 aliphatic heterocycles. The Bertz CT molecular complexity index is 968. The highest BCUT2D eigenvalue weighted by molar-refractivity contribution is 5.90. The number of carbonyl (C=O) groups excluding carboxylic acids is 2. The Morgan fingerprint density at radius 3 is 2.62 bits per heavy atom. The molecule has 0 saturated carbocycles. The van der Waals surface area contributed by atoms with E-state index in [0.717, 1.165) is 26.9 Å². The van der Waals surface area contributed by atoms with Gasteiger partial charge in [-0.25, -0.2) is 23.7 Å². The zero-order valence-corrected chi connectivity index (χ0v) is 16.6. The molecule has 0 aliphatic carbocycles. The number of nitrogens with one attached hydrogen (secondary N) is 1. The van der Waals surface area contributed by atoms with Crippen molar-refractivity contribution in [1.82, 2.24) is 25.3 Å². The summed E-state index contributed by atoms with van der Waals surface area (Å²) in [6, 6.07) is 1.98. The van der Waals surface area contributed by atoms with Gasteiger partial charge in [-0.15, -0.1) is 5.10 Å². The second-order valence-corrected chi connectivity index (χ2v) is 7.19. The fourth-order valence-electron chi connectivity index (χ4n) is 3.61. The molecule has 2 aromatic rings. The first kappa shape index (κ1) is 21.8. The molecule has 2 fully saturated rings.